The Kier molecular flexibility index (Phi) is 6.14. The summed E-state index contributed by atoms with van der Waals surface area (Å²) in [5.74, 6) is 0.158. The molecule has 0 atom stereocenters. The van der Waals surface area contributed by atoms with Crippen LogP contribution >= 0.6 is 39.1 Å². The van der Waals surface area contributed by atoms with E-state index in [2.05, 4.69) is 31.3 Å². The predicted molar refractivity (Wildman–Crippen MR) is 128 cm³/mol. The highest BCUT2D eigenvalue weighted by molar-refractivity contribution is 9.10. The quantitative estimate of drug-likeness (QED) is 0.322. The fraction of sp³-hybridized carbons (Fsp3) is 0.0870. The van der Waals surface area contributed by atoms with E-state index in [0.717, 1.165) is 26.9 Å². The van der Waals surface area contributed by atoms with Gasteiger partial charge in [0.25, 0.3) is 5.91 Å². The van der Waals surface area contributed by atoms with E-state index in [4.69, 9.17) is 23.2 Å². The zero-order chi connectivity index (χ0) is 22.1. The largest absolute Gasteiger partial charge is 0.319 e. The van der Waals surface area contributed by atoms with Gasteiger partial charge in [-0.3, -0.25) is 4.79 Å². The lowest BCUT2D eigenvalue weighted by Gasteiger charge is -2.10. The lowest BCUT2D eigenvalue weighted by atomic mass is 10.1. The summed E-state index contributed by atoms with van der Waals surface area (Å²) in [4.78, 5) is 17.5. The highest BCUT2D eigenvalue weighted by Gasteiger charge is 2.21. The van der Waals surface area contributed by atoms with Crippen LogP contribution in [0.4, 0.5) is 5.69 Å². The van der Waals surface area contributed by atoms with Crippen molar-refractivity contribution in [3.63, 3.8) is 0 Å². The Labute approximate surface area is 198 Å². The minimum Gasteiger partial charge on any atom is -0.319 e. The maximum atomic E-state index is 13.0. The van der Waals surface area contributed by atoms with E-state index in [1.54, 1.807) is 16.8 Å². The van der Waals surface area contributed by atoms with Gasteiger partial charge in [-0.1, -0.05) is 45.2 Å². The van der Waals surface area contributed by atoms with Gasteiger partial charge < -0.3 is 5.32 Å². The van der Waals surface area contributed by atoms with Crippen molar-refractivity contribution in [3.8, 4) is 17.1 Å². The standard InChI is InChI=1S/C23H17BrCl2N4O/c1-13-12-16(24)8-11-19(13)27-23(31)21-28-22(15-6-9-17(25)10-7-15)30(29-21)20-5-3-4-18(26)14(20)2/h3-12H,1-2H3,(H,27,31). The van der Waals surface area contributed by atoms with E-state index in [1.165, 1.54) is 0 Å². The van der Waals surface area contributed by atoms with Crippen LogP contribution in [0.25, 0.3) is 17.1 Å². The highest BCUT2D eigenvalue weighted by atomic mass is 79.9. The number of benzene rings is 3. The van der Waals surface area contributed by atoms with Gasteiger partial charge in [0.1, 0.15) is 0 Å². The molecule has 0 spiro atoms. The number of aryl methyl sites for hydroxylation is 1. The summed E-state index contributed by atoms with van der Waals surface area (Å²) in [7, 11) is 0. The summed E-state index contributed by atoms with van der Waals surface area (Å²) >= 11 is 15.8. The van der Waals surface area contributed by atoms with Crippen LogP contribution in [0.2, 0.25) is 10.0 Å². The van der Waals surface area contributed by atoms with Crippen molar-refractivity contribution >= 4 is 50.7 Å². The van der Waals surface area contributed by atoms with Gasteiger partial charge in [-0.2, -0.15) is 0 Å². The molecule has 0 aliphatic rings. The van der Waals surface area contributed by atoms with Crippen LogP contribution in [0.15, 0.2) is 65.1 Å². The number of hydrogen-bond acceptors (Lipinski definition) is 3. The second-order valence-electron chi connectivity index (χ2n) is 6.98. The number of nitrogens with one attached hydrogen (secondary N) is 1. The molecule has 0 aliphatic heterocycles. The summed E-state index contributed by atoms with van der Waals surface area (Å²) in [6, 6.07) is 18.4. The van der Waals surface area contributed by atoms with E-state index in [1.807, 2.05) is 62.4 Å². The Morgan fingerprint density at radius 3 is 2.48 bits per heavy atom. The molecule has 0 aliphatic carbocycles. The summed E-state index contributed by atoms with van der Waals surface area (Å²) in [5, 5.41) is 8.62. The lowest BCUT2D eigenvalue weighted by Crippen LogP contribution is -2.15. The van der Waals surface area contributed by atoms with Crippen LogP contribution in [-0.4, -0.2) is 20.7 Å². The number of anilines is 1. The summed E-state index contributed by atoms with van der Waals surface area (Å²) < 4.78 is 2.57. The van der Waals surface area contributed by atoms with Gasteiger partial charge in [-0.15, -0.1) is 5.10 Å². The predicted octanol–water partition coefficient (Wildman–Crippen LogP) is 6.87. The van der Waals surface area contributed by atoms with Crippen molar-refractivity contribution in [3.05, 3.63) is 92.1 Å². The van der Waals surface area contributed by atoms with Crippen molar-refractivity contribution in [2.45, 2.75) is 13.8 Å². The first-order valence-electron chi connectivity index (χ1n) is 9.39. The molecule has 0 saturated heterocycles. The number of amides is 1. The zero-order valence-electron chi connectivity index (χ0n) is 16.7. The SMILES string of the molecule is Cc1cc(Br)ccc1NC(=O)c1nc(-c2ccc(Cl)cc2)n(-c2cccc(Cl)c2C)n1. The van der Waals surface area contributed by atoms with Gasteiger partial charge in [0.2, 0.25) is 5.82 Å². The van der Waals surface area contributed by atoms with Crippen LogP contribution in [-0.2, 0) is 0 Å². The maximum absolute atomic E-state index is 13.0. The maximum Gasteiger partial charge on any atom is 0.295 e. The molecule has 1 aromatic heterocycles. The van der Waals surface area contributed by atoms with Crippen molar-refractivity contribution < 1.29 is 4.79 Å². The van der Waals surface area contributed by atoms with Gasteiger partial charge in [-0.05, 0) is 79.6 Å². The second-order valence-corrected chi connectivity index (χ2v) is 8.73. The lowest BCUT2D eigenvalue weighted by molar-refractivity contribution is 0.101. The van der Waals surface area contributed by atoms with Crippen molar-refractivity contribution in [1.82, 2.24) is 14.8 Å². The van der Waals surface area contributed by atoms with Crippen LogP contribution in [0.3, 0.4) is 0 Å². The fourth-order valence-corrected chi connectivity index (χ4v) is 3.90. The molecular weight excluding hydrogens is 499 g/mol. The molecule has 3 aromatic carbocycles. The summed E-state index contributed by atoms with van der Waals surface area (Å²) in [5.41, 5.74) is 3.96. The topological polar surface area (TPSA) is 59.8 Å². The Morgan fingerprint density at radius 1 is 1.03 bits per heavy atom. The number of carbonyl (C=O) groups is 1. The number of rotatable bonds is 4. The Bertz CT molecular complexity index is 1290. The molecule has 1 heterocycles. The van der Waals surface area contributed by atoms with Crippen molar-refractivity contribution in [1.29, 1.82) is 0 Å². The molecular formula is C23H17BrCl2N4O. The van der Waals surface area contributed by atoms with Gasteiger partial charge in [-0.25, -0.2) is 9.67 Å². The first-order chi connectivity index (χ1) is 14.8. The highest BCUT2D eigenvalue weighted by Crippen LogP contribution is 2.28. The fourth-order valence-electron chi connectivity index (χ4n) is 3.13. The normalized spacial score (nSPS) is 10.9. The van der Waals surface area contributed by atoms with Crippen LogP contribution in [0, 0.1) is 13.8 Å². The van der Waals surface area contributed by atoms with Gasteiger partial charge in [0.05, 0.1) is 5.69 Å². The molecule has 1 amide bonds. The molecule has 1 N–H and O–H groups in total. The third-order valence-corrected chi connectivity index (χ3v) is 5.97. The third-order valence-electron chi connectivity index (χ3n) is 4.82. The number of halogens is 3. The van der Waals surface area contributed by atoms with Crippen molar-refractivity contribution in [2.75, 3.05) is 5.32 Å². The molecule has 0 unspecified atom stereocenters. The molecule has 0 radical (unpaired) electrons. The molecule has 5 nitrogen and oxygen atoms in total. The molecule has 4 aromatic rings. The molecule has 156 valence electrons. The molecule has 4 rings (SSSR count). The summed E-state index contributed by atoms with van der Waals surface area (Å²) in [6.45, 7) is 3.82. The van der Waals surface area contributed by atoms with Crippen LogP contribution in [0.5, 0.6) is 0 Å². The van der Waals surface area contributed by atoms with E-state index >= 15 is 0 Å². The average Bonchev–Trinajstić information content (AvgIpc) is 3.18. The zero-order valence-corrected chi connectivity index (χ0v) is 19.8. The van der Waals surface area contributed by atoms with Crippen LogP contribution < -0.4 is 5.32 Å². The summed E-state index contributed by atoms with van der Waals surface area (Å²) in [6.07, 6.45) is 0. The number of hydrogen-bond donors (Lipinski definition) is 1. The van der Waals surface area contributed by atoms with Gasteiger partial charge >= 0.3 is 0 Å². The van der Waals surface area contributed by atoms with Crippen molar-refractivity contribution in [2.24, 2.45) is 0 Å². The molecule has 0 fully saturated rings. The van der Waals surface area contributed by atoms with E-state index in [9.17, 15) is 4.79 Å². The monoisotopic (exact) mass is 514 g/mol. The third kappa shape index (κ3) is 4.51. The van der Waals surface area contributed by atoms with Crippen LogP contribution in [0.1, 0.15) is 21.7 Å². The van der Waals surface area contributed by atoms with Gasteiger partial charge in [0.15, 0.2) is 5.82 Å². The number of carbonyl (C=O) groups excluding carboxylic acids is 1. The molecule has 8 heteroatoms. The molecule has 0 bridgehead atoms. The number of nitrogens with zero attached hydrogens (tertiary/aromatic N) is 3. The van der Waals surface area contributed by atoms with Gasteiger partial charge in [0, 0.05) is 25.8 Å². The minimum absolute atomic E-state index is 0.0478. The minimum atomic E-state index is -0.404. The first-order valence-corrected chi connectivity index (χ1v) is 10.9. The molecule has 0 saturated carbocycles. The second kappa shape index (κ2) is 8.83. The molecule has 31 heavy (non-hydrogen) atoms. The smallest absolute Gasteiger partial charge is 0.295 e. The average molecular weight is 516 g/mol. The van der Waals surface area contributed by atoms with E-state index in [0.29, 0.717) is 21.6 Å². The van der Waals surface area contributed by atoms with E-state index in [-0.39, 0.29) is 5.82 Å². The first kappa shape index (κ1) is 21.6. The number of aromatic nitrogens is 3. The Morgan fingerprint density at radius 2 is 1.77 bits per heavy atom. The van der Waals surface area contributed by atoms with E-state index < -0.39 is 5.91 Å². The Balaban J connectivity index is 1.80. The Hall–Kier alpha value is -2.67.